The van der Waals surface area contributed by atoms with E-state index in [-0.39, 0.29) is 22.5 Å². The largest absolute Gasteiger partial charge is 0.325 e. The third kappa shape index (κ3) is 4.80. The van der Waals surface area contributed by atoms with E-state index in [4.69, 9.17) is 16.9 Å². The first-order chi connectivity index (χ1) is 15.5. The van der Waals surface area contributed by atoms with Crippen molar-refractivity contribution in [2.45, 2.75) is 5.16 Å². The third-order valence-electron chi connectivity index (χ3n) is 4.46. The molecule has 0 spiro atoms. The Morgan fingerprint density at radius 1 is 1.09 bits per heavy atom. The number of hydrogen-bond acceptors (Lipinski definition) is 5. The van der Waals surface area contributed by atoms with E-state index in [1.165, 1.54) is 30.0 Å². The summed E-state index contributed by atoms with van der Waals surface area (Å²) in [6.45, 7) is 0. The highest BCUT2D eigenvalue weighted by atomic mass is 35.5. The second kappa shape index (κ2) is 9.64. The molecule has 1 heterocycles. The lowest BCUT2D eigenvalue weighted by molar-refractivity contribution is -0.113. The number of anilines is 1. The van der Waals surface area contributed by atoms with Gasteiger partial charge in [-0.3, -0.25) is 9.36 Å². The van der Waals surface area contributed by atoms with Gasteiger partial charge in [0.15, 0.2) is 11.0 Å². The maximum absolute atomic E-state index is 13.5. The van der Waals surface area contributed by atoms with E-state index in [9.17, 15) is 9.18 Å². The molecular formula is C23H15ClFN5OS. The number of nitriles is 1. The van der Waals surface area contributed by atoms with Crippen molar-refractivity contribution in [1.82, 2.24) is 14.8 Å². The van der Waals surface area contributed by atoms with Gasteiger partial charge in [-0.05, 0) is 42.5 Å². The Hall–Kier alpha value is -3.67. The van der Waals surface area contributed by atoms with Crippen molar-refractivity contribution in [2.24, 2.45) is 0 Å². The summed E-state index contributed by atoms with van der Waals surface area (Å²) in [6.07, 6.45) is 0. The molecule has 6 nitrogen and oxygen atoms in total. The number of nitrogens with one attached hydrogen (secondary N) is 1. The molecule has 32 heavy (non-hydrogen) atoms. The molecule has 1 amide bonds. The Morgan fingerprint density at radius 2 is 1.84 bits per heavy atom. The second-order valence-corrected chi connectivity index (χ2v) is 7.98. The smallest absolute Gasteiger partial charge is 0.234 e. The zero-order valence-electron chi connectivity index (χ0n) is 16.5. The topological polar surface area (TPSA) is 83.6 Å². The number of thioether (sulfide) groups is 1. The molecule has 0 bridgehead atoms. The van der Waals surface area contributed by atoms with Gasteiger partial charge < -0.3 is 5.32 Å². The van der Waals surface area contributed by atoms with E-state index in [1.54, 1.807) is 28.8 Å². The van der Waals surface area contributed by atoms with Gasteiger partial charge in [0.25, 0.3) is 0 Å². The van der Waals surface area contributed by atoms with Crippen LogP contribution in [0, 0.1) is 17.1 Å². The van der Waals surface area contributed by atoms with E-state index in [0.29, 0.717) is 27.9 Å². The van der Waals surface area contributed by atoms with Crippen molar-refractivity contribution in [3.05, 3.63) is 89.2 Å². The quantitative estimate of drug-likeness (QED) is 0.391. The van der Waals surface area contributed by atoms with Crippen LogP contribution in [0.15, 0.2) is 78.0 Å². The number of benzene rings is 3. The number of aromatic nitrogens is 3. The third-order valence-corrected chi connectivity index (χ3v) is 5.70. The number of rotatable bonds is 6. The van der Waals surface area contributed by atoms with Crippen LogP contribution in [0.4, 0.5) is 10.1 Å². The molecule has 9 heteroatoms. The highest BCUT2D eigenvalue weighted by Gasteiger charge is 2.17. The molecule has 0 saturated carbocycles. The Labute approximate surface area is 192 Å². The average molecular weight is 464 g/mol. The Morgan fingerprint density at radius 3 is 2.53 bits per heavy atom. The molecule has 0 aliphatic heterocycles. The molecule has 0 radical (unpaired) electrons. The minimum atomic E-state index is -0.349. The van der Waals surface area contributed by atoms with Crippen LogP contribution in [0.1, 0.15) is 5.56 Å². The summed E-state index contributed by atoms with van der Waals surface area (Å²) < 4.78 is 15.2. The van der Waals surface area contributed by atoms with E-state index < -0.39 is 0 Å². The molecule has 4 aromatic rings. The van der Waals surface area contributed by atoms with Gasteiger partial charge in [-0.1, -0.05) is 53.7 Å². The van der Waals surface area contributed by atoms with Gasteiger partial charge in [0.1, 0.15) is 11.9 Å². The molecule has 0 aliphatic carbocycles. The van der Waals surface area contributed by atoms with Gasteiger partial charge in [-0.15, -0.1) is 10.2 Å². The van der Waals surface area contributed by atoms with Gasteiger partial charge in [0.05, 0.1) is 16.3 Å². The van der Waals surface area contributed by atoms with E-state index in [1.807, 2.05) is 36.4 Å². The fourth-order valence-corrected chi connectivity index (χ4v) is 3.95. The van der Waals surface area contributed by atoms with Crippen LogP contribution >= 0.6 is 23.4 Å². The highest BCUT2D eigenvalue weighted by molar-refractivity contribution is 7.99. The van der Waals surface area contributed by atoms with Gasteiger partial charge in [0, 0.05) is 16.9 Å². The minimum absolute atomic E-state index is 0.0612. The molecule has 3 aromatic carbocycles. The first-order valence-corrected chi connectivity index (χ1v) is 10.8. The van der Waals surface area contributed by atoms with Crippen LogP contribution in [0.5, 0.6) is 0 Å². The van der Waals surface area contributed by atoms with Gasteiger partial charge in [-0.25, -0.2) is 4.39 Å². The van der Waals surface area contributed by atoms with E-state index in [0.717, 1.165) is 5.56 Å². The summed E-state index contributed by atoms with van der Waals surface area (Å²) in [5.41, 5.74) is 2.34. The van der Waals surface area contributed by atoms with Crippen LogP contribution in [-0.2, 0) is 4.79 Å². The fourth-order valence-electron chi connectivity index (χ4n) is 2.97. The van der Waals surface area contributed by atoms with Crippen molar-refractivity contribution in [3.63, 3.8) is 0 Å². The summed E-state index contributed by atoms with van der Waals surface area (Å²) in [5.74, 6) is 0.0218. The lowest BCUT2D eigenvalue weighted by Gasteiger charge is -2.11. The van der Waals surface area contributed by atoms with Crippen molar-refractivity contribution < 1.29 is 9.18 Å². The number of nitrogens with zero attached hydrogens (tertiary/aromatic N) is 4. The van der Waals surface area contributed by atoms with Crippen LogP contribution in [0.2, 0.25) is 5.02 Å². The number of hydrogen-bond donors (Lipinski definition) is 1. The molecule has 0 unspecified atom stereocenters. The Balaban J connectivity index is 1.56. The maximum atomic E-state index is 13.5. The number of carbonyl (C=O) groups is 1. The first kappa shape index (κ1) is 21.6. The summed E-state index contributed by atoms with van der Waals surface area (Å²) in [5, 5.41) is 21.0. The molecular weight excluding hydrogens is 449 g/mol. The van der Waals surface area contributed by atoms with Gasteiger partial charge in [-0.2, -0.15) is 5.26 Å². The summed E-state index contributed by atoms with van der Waals surface area (Å²) in [7, 11) is 0. The average Bonchev–Trinajstić information content (AvgIpc) is 3.23. The SMILES string of the molecule is N#Cc1ccc(NC(=O)CSc2nnc(-c3ccccc3)n2-c2ccc(F)cc2)cc1Cl. The molecule has 4 rings (SSSR count). The normalized spacial score (nSPS) is 10.5. The van der Waals surface area contributed by atoms with E-state index in [2.05, 4.69) is 15.5 Å². The van der Waals surface area contributed by atoms with Crippen molar-refractivity contribution in [3.8, 4) is 23.1 Å². The monoisotopic (exact) mass is 463 g/mol. The zero-order chi connectivity index (χ0) is 22.5. The Bertz CT molecular complexity index is 1300. The predicted molar refractivity (Wildman–Crippen MR) is 122 cm³/mol. The highest BCUT2D eigenvalue weighted by Crippen LogP contribution is 2.28. The molecule has 158 valence electrons. The predicted octanol–water partition coefficient (Wildman–Crippen LogP) is 5.33. The number of carbonyl (C=O) groups excluding carboxylic acids is 1. The lowest BCUT2D eigenvalue weighted by Crippen LogP contribution is -2.14. The van der Waals surface area contributed by atoms with Crippen LogP contribution in [-0.4, -0.2) is 26.4 Å². The van der Waals surface area contributed by atoms with Gasteiger partial charge >= 0.3 is 0 Å². The molecule has 1 aromatic heterocycles. The van der Waals surface area contributed by atoms with Crippen molar-refractivity contribution >= 4 is 35.0 Å². The van der Waals surface area contributed by atoms with Crippen molar-refractivity contribution in [1.29, 1.82) is 5.26 Å². The number of halogens is 2. The lowest BCUT2D eigenvalue weighted by atomic mass is 10.2. The maximum Gasteiger partial charge on any atom is 0.234 e. The molecule has 0 atom stereocenters. The zero-order valence-corrected chi connectivity index (χ0v) is 18.1. The van der Waals surface area contributed by atoms with Crippen molar-refractivity contribution in [2.75, 3.05) is 11.1 Å². The molecule has 0 aliphatic rings. The fraction of sp³-hybridized carbons (Fsp3) is 0.0435. The minimum Gasteiger partial charge on any atom is -0.325 e. The molecule has 1 N–H and O–H groups in total. The van der Waals surface area contributed by atoms with Crippen LogP contribution in [0.25, 0.3) is 17.1 Å². The Kier molecular flexibility index (Phi) is 6.50. The molecule has 0 fully saturated rings. The summed E-state index contributed by atoms with van der Waals surface area (Å²) >= 11 is 7.22. The summed E-state index contributed by atoms with van der Waals surface area (Å²) in [6, 6.07) is 22.1. The standard InChI is InChI=1S/C23H15ClFN5OS/c24-20-12-18(9-6-16(20)13-26)27-21(31)14-32-23-29-28-22(15-4-2-1-3-5-15)30(23)19-10-7-17(25)8-11-19/h1-12H,14H2,(H,27,31). The number of amides is 1. The van der Waals surface area contributed by atoms with Crippen LogP contribution in [0.3, 0.4) is 0 Å². The van der Waals surface area contributed by atoms with E-state index >= 15 is 0 Å². The van der Waals surface area contributed by atoms with Gasteiger partial charge in [0.2, 0.25) is 5.91 Å². The summed E-state index contributed by atoms with van der Waals surface area (Å²) in [4.78, 5) is 12.5. The van der Waals surface area contributed by atoms with Crippen LogP contribution < -0.4 is 5.32 Å². The second-order valence-electron chi connectivity index (χ2n) is 6.63. The first-order valence-electron chi connectivity index (χ1n) is 9.44. The molecule has 0 saturated heterocycles.